The average molecular weight is 568 g/mol. The third-order valence-electron chi connectivity index (χ3n) is 12.9. The van der Waals surface area contributed by atoms with Gasteiger partial charge in [-0.25, -0.2) is 0 Å². The first-order valence-electron chi connectivity index (χ1n) is 17.1. The number of allylic oxidation sites excluding steroid dienone is 2. The Labute approximate surface area is 248 Å². The first kappa shape index (κ1) is 29.8. The zero-order valence-electron chi connectivity index (χ0n) is 26.3. The van der Waals surface area contributed by atoms with Gasteiger partial charge in [0, 0.05) is 38.0 Å². The van der Waals surface area contributed by atoms with Crippen molar-refractivity contribution in [1.29, 1.82) is 0 Å². The Morgan fingerprint density at radius 1 is 1.20 bits per heavy atom. The fourth-order valence-electron chi connectivity index (χ4n) is 10.8. The van der Waals surface area contributed by atoms with Crippen molar-refractivity contribution in [2.75, 3.05) is 26.2 Å². The minimum Gasteiger partial charge on any atom is -0.393 e. The summed E-state index contributed by atoms with van der Waals surface area (Å²) in [5, 5.41) is 13.6. The number of unbranched alkanes of at least 4 members (excludes halogenated alkanes) is 2. The van der Waals surface area contributed by atoms with E-state index < -0.39 is 0 Å². The van der Waals surface area contributed by atoms with Gasteiger partial charge in [-0.15, -0.1) is 0 Å². The van der Waals surface area contributed by atoms with E-state index in [1.54, 1.807) is 16.7 Å². The number of carbonyl (C=O) groups excluding carboxylic acids is 1. The second kappa shape index (κ2) is 11.7. The first-order valence-corrected chi connectivity index (χ1v) is 17.1. The number of fused-ring (bicyclic) bond motifs is 6. The number of piperidine rings is 1. The lowest BCUT2D eigenvalue weighted by Crippen LogP contribution is -2.54. The van der Waals surface area contributed by atoms with E-state index in [-0.39, 0.29) is 29.1 Å². The van der Waals surface area contributed by atoms with Crippen molar-refractivity contribution >= 4 is 5.91 Å². The highest BCUT2D eigenvalue weighted by Gasteiger charge is 2.61. The second-order valence-corrected chi connectivity index (χ2v) is 15.2. The molecular weight excluding hydrogens is 510 g/mol. The van der Waals surface area contributed by atoms with E-state index in [0.717, 1.165) is 82.8 Å². The van der Waals surface area contributed by atoms with Gasteiger partial charge in [0.25, 0.3) is 0 Å². The average Bonchev–Trinajstić information content (AvgIpc) is 3.46. The molecule has 0 bridgehead atoms. The third kappa shape index (κ3) is 5.17. The van der Waals surface area contributed by atoms with Gasteiger partial charge in [-0.05, 0) is 112 Å². The number of aliphatic hydroxyl groups excluding tert-OH is 1. The Balaban J connectivity index is 1.16. The molecule has 0 aromatic rings. The molecule has 2 saturated heterocycles. The number of ether oxygens (including phenoxy) is 1. The van der Waals surface area contributed by atoms with Crippen molar-refractivity contribution in [1.82, 2.24) is 10.2 Å². The number of nitrogens with one attached hydrogen (secondary N) is 1. The molecule has 0 radical (unpaired) electrons. The maximum absolute atomic E-state index is 12.4. The summed E-state index contributed by atoms with van der Waals surface area (Å²) in [6.45, 7) is 13.2. The topological polar surface area (TPSA) is 87.8 Å². The molecule has 4 N–H and O–H groups in total. The first-order chi connectivity index (χ1) is 19.7. The number of rotatable bonds is 8. The SMILES string of the molecule is CC1=C2C[C@H]3[C@@H](CC=C4C[C@@H](O)CC[C@@]43C)[C@@H]2CCC12O[C@@H]1C[C@H](C)CN(CCNC(=O)CCCCCN)[C@H]1[C@H]2C. The summed E-state index contributed by atoms with van der Waals surface area (Å²) in [6.07, 6.45) is 15.2. The van der Waals surface area contributed by atoms with Gasteiger partial charge < -0.3 is 20.9 Å². The Morgan fingerprint density at radius 2 is 2.02 bits per heavy atom. The van der Waals surface area contributed by atoms with E-state index in [9.17, 15) is 9.90 Å². The summed E-state index contributed by atoms with van der Waals surface area (Å²) < 4.78 is 7.29. The van der Waals surface area contributed by atoms with Gasteiger partial charge in [-0.2, -0.15) is 0 Å². The summed E-state index contributed by atoms with van der Waals surface area (Å²) >= 11 is 0. The van der Waals surface area contributed by atoms with Gasteiger partial charge in [0.05, 0.1) is 17.8 Å². The van der Waals surface area contributed by atoms with Crippen LogP contribution in [0, 0.1) is 35.0 Å². The summed E-state index contributed by atoms with van der Waals surface area (Å²) in [5.74, 6) is 3.43. The smallest absolute Gasteiger partial charge is 0.220 e. The molecule has 41 heavy (non-hydrogen) atoms. The lowest BCUT2D eigenvalue weighted by Gasteiger charge is -2.49. The quantitative estimate of drug-likeness (QED) is 0.272. The van der Waals surface area contributed by atoms with E-state index in [2.05, 4.69) is 44.0 Å². The van der Waals surface area contributed by atoms with Crippen LogP contribution in [0.15, 0.2) is 22.8 Å². The number of aliphatic hydroxyl groups is 1. The summed E-state index contributed by atoms with van der Waals surface area (Å²) in [6, 6.07) is 0.425. The van der Waals surface area contributed by atoms with Crippen LogP contribution in [0.1, 0.15) is 105 Å². The second-order valence-electron chi connectivity index (χ2n) is 15.2. The molecule has 4 fully saturated rings. The molecule has 10 atom stereocenters. The molecule has 0 aromatic heterocycles. The number of hydrogen-bond acceptors (Lipinski definition) is 5. The molecule has 1 amide bonds. The zero-order valence-corrected chi connectivity index (χ0v) is 26.3. The molecule has 6 heteroatoms. The van der Waals surface area contributed by atoms with Crippen LogP contribution in [0.5, 0.6) is 0 Å². The van der Waals surface area contributed by atoms with Gasteiger partial charge in [0.15, 0.2) is 0 Å². The van der Waals surface area contributed by atoms with Crippen LogP contribution in [0.3, 0.4) is 0 Å². The minimum atomic E-state index is -0.144. The van der Waals surface area contributed by atoms with Crippen molar-refractivity contribution < 1.29 is 14.6 Å². The predicted molar refractivity (Wildman–Crippen MR) is 164 cm³/mol. The van der Waals surface area contributed by atoms with E-state index in [1.165, 1.54) is 19.3 Å². The number of carbonyl (C=O) groups is 1. The molecule has 2 aliphatic heterocycles. The standard InChI is InChI=1S/C35H57N3O3/c1-22-18-31-33(38(21-22)17-16-37-32(40)8-6-5-7-15-36)24(3)35(41-31)14-12-27-28-10-9-25-19-26(39)11-13-34(25,4)30(28)20-29(27)23(35)2/h9,22,24,26-28,30-31,33,39H,5-8,10-21,36H2,1-4H3,(H,37,40)/t22-,24+,26-,27-,28-,30-,31+,33-,34-,35?/m0/s1. The summed E-state index contributed by atoms with van der Waals surface area (Å²) in [4.78, 5) is 15.1. The van der Waals surface area contributed by atoms with Crippen LogP contribution >= 0.6 is 0 Å². The molecule has 6 rings (SSSR count). The molecular formula is C35H57N3O3. The lowest BCUT2D eigenvalue weighted by atomic mass is 9.56. The van der Waals surface area contributed by atoms with Gasteiger partial charge in [-0.1, -0.05) is 44.4 Å². The highest BCUT2D eigenvalue weighted by molar-refractivity contribution is 5.75. The fourth-order valence-corrected chi connectivity index (χ4v) is 10.8. The number of amides is 1. The Hall–Kier alpha value is -1.21. The van der Waals surface area contributed by atoms with Crippen molar-refractivity contribution in [3.8, 4) is 0 Å². The van der Waals surface area contributed by atoms with E-state index in [4.69, 9.17) is 10.5 Å². The number of hydrogen-bond donors (Lipinski definition) is 3. The van der Waals surface area contributed by atoms with Gasteiger partial charge >= 0.3 is 0 Å². The fraction of sp³-hybridized carbons (Fsp3) is 0.857. The molecule has 0 aromatic carbocycles. The highest BCUT2D eigenvalue weighted by atomic mass is 16.5. The molecule has 1 unspecified atom stereocenters. The van der Waals surface area contributed by atoms with Crippen LogP contribution in [0.25, 0.3) is 0 Å². The monoisotopic (exact) mass is 567 g/mol. The summed E-state index contributed by atoms with van der Waals surface area (Å²) in [7, 11) is 0. The molecule has 6 aliphatic rings. The van der Waals surface area contributed by atoms with Gasteiger partial charge in [0.1, 0.15) is 0 Å². The molecule has 2 heterocycles. The number of likely N-dealkylation sites (tertiary alicyclic amines) is 1. The van der Waals surface area contributed by atoms with E-state index in [0.29, 0.717) is 36.8 Å². The van der Waals surface area contributed by atoms with Crippen molar-refractivity contribution in [2.24, 2.45) is 40.7 Å². The predicted octanol–water partition coefficient (Wildman–Crippen LogP) is 5.35. The Morgan fingerprint density at radius 3 is 2.83 bits per heavy atom. The van der Waals surface area contributed by atoms with Crippen LogP contribution in [0.2, 0.25) is 0 Å². The van der Waals surface area contributed by atoms with E-state index in [1.807, 2.05) is 0 Å². The van der Waals surface area contributed by atoms with Crippen LogP contribution in [-0.4, -0.2) is 65.9 Å². The molecule has 1 spiro atoms. The largest absolute Gasteiger partial charge is 0.393 e. The van der Waals surface area contributed by atoms with Crippen molar-refractivity contribution in [3.63, 3.8) is 0 Å². The van der Waals surface area contributed by atoms with Crippen LogP contribution in [0.4, 0.5) is 0 Å². The molecule has 4 aliphatic carbocycles. The number of nitrogens with two attached hydrogens (primary N) is 1. The van der Waals surface area contributed by atoms with Gasteiger partial charge in [0.2, 0.25) is 5.91 Å². The van der Waals surface area contributed by atoms with Crippen LogP contribution < -0.4 is 11.1 Å². The lowest BCUT2D eigenvalue weighted by molar-refractivity contribution is -0.121. The van der Waals surface area contributed by atoms with Crippen molar-refractivity contribution in [2.45, 2.75) is 129 Å². The maximum Gasteiger partial charge on any atom is 0.220 e. The Bertz CT molecular complexity index is 1060. The summed E-state index contributed by atoms with van der Waals surface area (Å²) in [5.41, 5.74) is 10.6. The van der Waals surface area contributed by atoms with Gasteiger partial charge in [-0.3, -0.25) is 9.69 Å². The van der Waals surface area contributed by atoms with Crippen molar-refractivity contribution in [3.05, 3.63) is 22.8 Å². The Kier molecular flexibility index (Phi) is 8.52. The third-order valence-corrected chi connectivity index (χ3v) is 12.9. The van der Waals surface area contributed by atoms with E-state index >= 15 is 0 Å². The number of nitrogens with zero attached hydrogens (tertiary/aromatic N) is 1. The highest BCUT2D eigenvalue weighted by Crippen LogP contribution is 2.65. The molecule has 6 nitrogen and oxygen atoms in total. The normalized spacial score (nSPS) is 43.8. The maximum atomic E-state index is 12.4. The molecule has 2 saturated carbocycles. The minimum absolute atomic E-state index is 0.136. The zero-order chi connectivity index (χ0) is 28.9. The molecule has 230 valence electrons. The van der Waals surface area contributed by atoms with Crippen LogP contribution in [-0.2, 0) is 9.53 Å².